The second-order valence-electron chi connectivity index (χ2n) is 8.06. The number of hydrogen-bond acceptors (Lipinski definition) is 6. The van der Waals surface area contributed by atoms with Crippen LogP contribution in [0.1, 0.15) is 24.3 Å². The van der Waals surface area contributed by atoms with Gasteiger partial charge in [-0.3, -0.25) is 9.69 Å². The van der Waals surface area contributed by atoms with E-state index in [1.165, 1.54) is 5.56 Å². The fourth-order valence-corrected chi connectivity index (χ4v) is 3.95. The number of aromatic nitrogens is 2. The third-order valence-electron chi connectivity index (χ3n) is 5.89. The molecule has 150 valence electrons. The summed E-state index contributed by atoms with van der Waals surface area (Å²) in [5.41, 5.74) is 2.18. The molecule has 1 amide bonds. The normalized spacial score (nSPS) is 19.9. The number of carbonyl (C=O) groups is 1. The van der Waals surface area contributed by atoms with E-state index in [-0.39, 0.29) is 5.92 Å². The second-order valence-corrected chi connectivity index (χ2v) is 8.06. The van der Waals surface area contributed by atoms with Gasteiger partial charge in [-0.05, 0) is 39.9 Å². The molecule has 28 heavy (non-hydrogen) atoms. The van der Waals surface area contributed by atoms with Crippen molar-refractivity contribution >= 4 is 5.91 Å². The van der Waals surface area contributed by atoms with E-state index >= 15 is 0 Å². The van der Waals surface area contributed by atoms with Crippen molar-refractivity contribution in [3.63, 3.8) is 0 Å². The monoisotopic (exact) mass is 383 g/mol. The maximum absolute atomic E-state index is 12.8. The van der Waals surface area contributed by atoms with E-state index in [9.17, 15) is 4.79 Å². The Hall–Kier alpha value is -2.25. The number of piperazine rings is 1. The number of likely N-dealkylation sites (tertiary alicyclic amines) is 1. The average Bonchev–Trinajstić information content (AvgIpc) is 3.18. The Morgan fingerprint density at radius 2 is 1.75 bits per heavy atom. The van der Waals surface area contributed by atoms with Gasteiger partial charge in [0.05, 0.1) is 6.54 Å². The Morgan fingerprint density at radius 1 is 1.07 bits per heavy atom. The Balaban J connectivity index is 1.28. The maximum Gasteiger partial charge on any atom is 0.241 e. The lowest BCUT2D eigenvalue weighted by molar-refractivity contribution is -0.138. The van der Waals surface area contributed by atoms with Crippen molar-refractivity contribution in [2.24, 2.45) is 5.92 Å². The number of piperidine rings is 1. The van der Waals surface area contributed by atoms with Gasteiger partial charge in [-0.1, -0.05) is 35.0 Å². The van der Waals surface area contributed by atoms with Crippen LogP contribution in [-0.4, -0.2) is 77.1 Å². The van der Waals surface area contributed by atoms with Gasteiger partial charge in [0.2, 0.25) is 17.6 Å². The van der Waals surface area contributed by atoms with Gasteiger partial charge in [0.25, 0.3) is 0 Å². The molecule has 2 saturated heterocycles. The Kier molecular flexibility index (Phi) is 5.73. The highest BCUT2D eigenvalue weighted by molar-refractivity contribution is 5.79. The van der Waals surface area contributed by atoms with Crippen LogP contribution in [0.3, 0.4) is 0 Å². The molecule has 0 radical (unpaired) electrons. The van der Waals surface area contributed by atoms with Crippen LogP contribution in [0.25, 0.3) is 11.4 Å². The van der Waals surface area contributed by atoms with E-state index < -0.39 is 0 Å². The lowest BCUT2D eigenvalue weighted by Gasteiger charge is -2.37. The van der Waals surface area contributed by atoms with Crippen LogP contribution in [0.15, 0.2) is 28.8 Å². The molecule has 0 bridgehead atoms. The predicted octanol–water partition coefficient (Wildman–Crippen LogP) is 2.03. The molecule has 3 heterocycles. The van der Waals surface area contributed by atoms with Crippen molar-refractivity contribution in [3.05, 3.63) is 35.7 Å². The third kappa shape index (κ3) is 4.42. The molecule has 7 heteroatoms. The van der Waals surface area contributed by atoms with Gasteiger partial charge in [-0.25, -0.2) is 0 Å². The molecule has 2 aromatic rings. The summed E-state index contributed by atoms with van der Waals surface area (Å²) in [6, 6.07) is 8.12. The van der Waals surface area contributed by atoms with Crippen molar-refractivity contribution in [1.82, 2.24) is 24.8 Å². The predicted molar refractivity (Wildman–Crippen MR) is 107 cm³/mol. The van der Waals surface area contributed by atoms with E-state index in [1.807, 2.05) is 29.2 Å². The van der Waals surface area contributed by atoms with Gasteiger partial charge in [0.1, 0.15) is 0 Å². The molecule has 0 spiro atoms. The molecule has 1 aromatic heterocycles. The molecule has 2 fully saturated rings. The lowest BCUT2D eigenvalue weighted by atomic mass is 9.95. The summed E-state index contributed by atoms with van der Waals surface area (Å²) >= 11 is 0. The zero-order chi connectivity index (χ0) is 19.5. The number of aryl methyl sites for hydroxylation is 1. The van der Waals surface area contributed by atoms with Crippen molar-refractivity contribution in [2.45, 2.75) is 26.3 Å². The van der Waals surface area contributed by atoms with E-state index in [1.54, 1.807) is 0 Å². The fraction of sp³-hybridized carbons (Fsp3) is 0.571. The second kappa shape index (κ2) is 8.41. The summed E-state index contributed by atoms with van der Waals surface area (Å²) in [7, 11) is 2.11. The number of carbonyl (C=O) groups excluding carboxylic acids is 1. The SMILES string of the molecule is Cc1ccc(-c2noc(CN3CCC(C(=O)N4CCN(C)CC4)CC3)n2)cc1. The highest BCUT2D eigenvalue weighted by Crippen LogP contribution is 2.22. The van der Waals surface area contributed by atoms with Gasteiger partial charge < -0.3 is 14.3 Å². The number of nitrogens with zero attached hydrogens (tertiary/aromatic N) is 5. The maximum atomic E-state index is 12.8. The van der Waals surface area contributed by atoms with Crippen LogP contribution in [0.2, 0.25) is 0 Å². The summed E-state index contributed by atoms with van der Waals surface area (Å²) in [5, 5.41) is 4.11. The summed E-state index contributed by atoms with van der Waals surface area (Å²) in [6.45, 7) is 8.17. The van der Waals surface area contributed by atoms with Gasteiger partial charge in [0, 0.05) is 37.7 Å². The largest absolute Gasteiger partial charge is 0.340 e. The first kappa shape index (κ1) is 19.1. The Bertz CT molecular complexity index is 787. The minimum atomic E-state index is 0.158. The first-order chi connectivity index (χ1) is 13.6. The highest BCUT2D eigenvalue weighted by atomic mass is 16.5. The number of benzene rings is 1. The van der Waals surface area contributed by atoms with Crippen LogP contribution in [0.4, 0.5) is 0 Å². The standard InChI is InChI=1S/C21H29N5O2/c1-16-3-5-17(6-4-16)20-22-19(28-23-20)15-25-9-7-18(8-10-25)21(27)26-13-11-24(2)12-14-26/h3-6,18H,7-15H2,1-2H3. The molecule has 4 rings (SSSR count). The summed E-state index contributed by atoms with van der Waals surface area (Å²) in [6.07, 6.45) is 1.81. The average molecular weight is 383 g/mol. The molecular formula is C21H29N5O2. The van der Waals surface area contributed by atoms with Crippen molar-refractivity contribution in [3.8, 4) is 11.4 Å². The van der Waals surface area contributed by atoms with Crippen molar-refractivity contribution in [2.75, 3.05) is 46.3 Å². The number of amides is 1. The van der Waals surface area contributed by atoms with E-state index in [0.29, 0.717) is 24.2 Å². The molecule has 0 aliphatic carbocycles. The molecular weight excluding hydrogens is 354 g/mol. The van der Waals surface area contributed by atoms with E-state index in [0.717, 1.165) is 57.7 Å². The summed E-state index contributed by atoms with van der Waals surface area (Å²) < 4.78 is 5.45. The first-order valence-corrected chi connectivity index (χ1v) is 10.2. The third-order valence-corrected chi connectivity index (χ3v) is 5.89. The topological polar surface area (TPSA) is 65.7 Å². The van der Waals surface area contributed by atoms with Crippen LogP contribution < -0.4 is 0 Å². The molecule has 2 aliphatic rings. The van der Waals surface area contributed by atoms with Crippen molar-refractivity contribution in [1.29, 1.82) is 0 Å². The molecule has 7 nitrogen and oxygen atoms in total. The lowest BCUT2D eigenvalue weighted by Crippen LogP contribution is -2.50. The molecule has 0 N–H and O–H groups in total. The van der Waals surface area contributed by atoms with Crippen LogP contribution in [0, 0.1) is 12.8 Å². The fourth-order valence-electron chi connectivity index (χ4n) is 3.95. The summed E-state index contributed by atoms with van der Waals surface area (Å²) in [4.78, 5) is 23.9. The van der Waals surface area contributed by atoms with Gasteiger partial charge in [-0.15, -0.1) is 0 Å². The van der Waals surface area contributed by atoms with Gasteiger partial charge in [0.15, 0.2) is 0 Å². The number of likely N-dealkylation sites (N-methyl/N-ethyl adjacent to an activating group) is 1. The Labute approximate surface area is 166 Å². The zero-order valence-corrected chi connectivity index (χ0v) is 16.8. The quantitative estimate of drug-likeness (QED) is 0.805. The van der Waals surface area contributed by atoms with Crippen LogP contribution in [0.5, 0.6) is 0 Å². The number of rotatable bonds is 4. The Morgan fingerprint density at radius 3 is 2.43 bits per heavy atom. The summed E-state index contributed by atoms with van der Waals surface area (Å²) in [5.74, 6) is 1.77. The molecule has 0 saturated carbocycles. The van der Waals surface area contributed by atoms with Crippen molar-refractivity contribution < 1.29 is 9.32 Å². The zero-order valence-electron chi connectivity index (χ0n) is 16.8. The minimum Gasteiger partial charge on any atom is -0.340 e. The van der Waals surface area contributed by atoms with E-state index in [4.69, 9.17) is 4.52 Å². The van der Waals surface area contributed by atoms with Crippen LogP contribution >= 0.6 is 0 Å². The number of hydrogen-bond donors (Lipinski definition) is 0. The van der Waals surface area contributed by atoms with E-state index in [2.05, 4.69) is 33.9 Å². The van der Waals surface area contributed by atoms with Gasteiger partial charge in [-0.2, -0.15) is 4.98 Å². The molecule has 2 aliphatic heterocycles. The van der Waals surface area contributed by atoms with Crippen LogP contribution in [-0.2, 0) is 11.3 Å². The molecule has 0 atom stereocenters. The molecule has 1 aromatic carbocycles. The van der Waals surface area contributed by atoms with Gasteiger partial charge >= 0.3 is 0 Å². The highest BCUT2D eigenvalue weighted by Gasteiger charge is 2.30. The molecule has 0 unspecified atom stereocenters. The first-order valence-electron chi connectivity index (χ1n) is 10.2. The minimum absolute atomic E-state index is 0.158. The smallest absolute Gasteiger partial charge is 0.241 e.